The summed E-state index contributed by atoms with van der Waals surface area (Å²) in [7, 11) is 0. The third-order valence-corrected chi connectivity index (χ3v) is 2.79. The molecule has 3 unspecified atom stereocenters. The Morgan fingerprint density at radius 3 is 2.79 bits per heavy atom. The van der Waals surface area contributed by atoms with E-state index < -0.39 is 0 Å². The van der Waals surface area contributed by atoms with Crippen molar-refractivity contribution in [3.05, 3.63) is 0 Å². The summed E-state index contributed by atoms with van der Waals surface area (Å²) in [5, 5.41) is 12.9. The van der Waals surface area contributed by atoms with Gasteiger partial charge in [0.05, 0.1) is 25.4 Å². The summed E-state index contributed by atoms with van der Waals surface area (Å²) in [6.07, 6.45) is 4.71. The molecule has 0 aliphatic carbocycles. The Balaban J connectivity index is 2.09. The SMILES string of the molecule is CCCCCC(C)NC1COCC1O. The van der Waals surface area contributed by atoms with Crippen molar-refractivity contribution in [1.29, 1.82) is 0 Å². The predicted octanol–water partition coefficient (Wildman–Crippen LogP) is 1.30. The highest BCUT2D eigenvalue weighted by atomic mass is 16.5. The fraction of sp³-hybridized carbons (Fsp3) is 1.00. The number of hydrogen-bond donors (Lipinski definition) is 2. The number of hydrogen-bond acceptors (Lipinski definition) is 3. The molecule has 1 aliphatic rings. The van der Waals surface area contributed by atoms with Crippen LogP contribution < -0.4 is 5.32 Å². The fourth-order valence-corrected chi connectivity index (χ4v) is 1.85. The van der Waals surface area contributed by atoms with Gasteiger partial charge in [0.25, 0.3) is 0 Å². The van der Waals surface area contributed by atoms with Crippen LogP contribution in [-0.2, 0) is 4.74 Å². The van der Waals surface area contributed by atoms with Crippen LogP contribution >= 0.6 is 0 Å². The van der Waals surface area contributed by atoms with E-state index in [1.807, 2.05) is 0 Å². The van der Waals surface area contributed by atoms with Crippen LogP contribution in [-0.4, -0.2) is 36.5 Å². The minimum atomic E-state index is -0.316. The molecule has 1 saturated heterocycles. The first-order valence-corrected chi connectivity index (χ1v) is 5.76. The van der Waals surface area contributed by atoms with Gasteiger partial charge in [-0.3, -0.25) is 0 Å². The quantitative estimate of drug-likeness (QED) is 0.637. The Bertz CT molecular complexity index is 152. The standard InChI is InChI=1S/C11H23NO2/c1-3-4-5-6-9(2)12-10-7-14-8-11(10)13/h9-13H,3-8H2,1-2H3. The lowest BCUT2D eigenvalue weighted by Crippen LogP contribution is -2.43. The topological polar surface area (TPSA) is 41.5 Å². The largest absolute Gasteiger partial charge is 0.389 e. The van der Waals surface area contributed by atoms with Crippen molar-refractivity contribution in [3.8, 4) is 0 Å². The van der Waals surface area contributed by atoms with E-state index in [-0.39, 0.29) is 12.1 Å². The Morgan fingerprint density at radius 2 is 2.21 bits per heavy atom. The van der Waals surface area contributed by atoms with Gasteiger partial charge in [0.1, 0.15) is 0 Å². The monoisotopic (exact) mass is 201 g/mol. The van der Waals surface area contributed by atoms with Crippen LogP contribution in [0.25, 0.3) is 0 Å². The number of rotatable bonds is 6. The normalized spacial score (nSPS) is 29.4. The van der Waals surface area contributed by atoms with Gasteiger partial charge in [-0.1, -0.05) is 26.2 Å². The predicted molar refractivity (Wildman–Crippen MR) is 57.4 cm³/mol. The van der Waals surface area contributed by atoms with Crippen molar-refractivity contribution in [2.45, 2.75) is 57.7 Å². The molecule has 1 fully saturated rings. The molecule has 1 aliphatic heterocycles. The first kappa shape index (κ1) is 12.0. The molecule has 3 atom stereocenters. The molecular formula is C11H23NO2. The maximum atomic E-state index is 9.52. The van der Waals surface area contributed by atoms with Gasteiger partial charge in [-0.15, -0.1) is 0 Å². The lowest BCUT2D eigenvalue weighted by Gasteiger charge is -2.20. The second-order valence-corrected chi connectivity index (χ2v) is 4.27. The average molecular weight is 201 g/mol. The van der Waals surface area contributed by atoms with Crippen molar-refractivity contribution >= 4 is 0 Å². The van der Waals surface area contributed by atoms with Gasteiger partial charge in [0, 0.05) is 6.04 Å². The highest BCUT2D eigenvalue weighted by Gasteiger charge is 2.26. The number of unbranched alkanes of at least 4 members (excludes halogenated alkanes) is 2. The van der Waals surface area contributed by atoms with E-state index in [2.05, 4.69) is 19.2 Å². The first-order valence-electron chi connectivity index (χ1n) is 5.76. The number of aliphatic hydroxyl groups is 1. The molecule has 14 heavy (non-hydrogen) atoms. The van der Waals surface area contributed by atoms with Crippen molar-refractivity contribution < 1.29 is 9.84 Å². The summed E-state index contributed by atoms with van der Waals surface area (Å²) in [5.74, 6) is 0. The van der Waals surface area contributed by atoms with Crippen molar-refractivity contribution in [3.63, 3.8) is 0 Å². The molecular weight excluding hydrogens is 178 g/mol. The van der Waals surface area contributed by atoms with Crippen LogP contribution in [0.4, 0.5) is 0 Å². The van der Waals surface area contributed by atoms with Gasteiger partial charge >= 0.3 is 0 Å². The lowest BCUT2D eigenvalue weighted by atomic mass is 10.1. The van der Waals surface area contributed by atoms with Crippen molar-refractivity contribution in [2.75, 3.05) is 13.2 Å². The minimum Gasteiger partial charge on any atom is -0.389 e. The minimum absolute atomic E-state index is 0.145. The van der Waals surface area contributed by atoms with Crippen molar-refractivity contribution in [2.24, 2.45) is 0 Å². The summed E-state index contributed by atoms with van der Waals surface area (Å²) in [5.41, 5.74) is 0. The highest BCUT2D eigenvalue weighted by molar-refractivity contribution is 4.82. The van der Waals surface area contributed by atoms with Crippen molar-refractivity contribution in [1.82, 2.24) is 5.32 Å². The zero-order valence-corrected chi connectivity index (χ0v) is 9.33. The molecule has 3 nitrogen and oxygen atoms in total. The summed E-state index contributed by atoms with van der Waals surface area (Å²) in [6.45, 7) is 5.53. The van der Waals surface area contributed by atoms with Gasteiger partial charge in [-0.25, -0.2) is 0 Å². The first-order chi connectivity index (χ1) is 6.74. The number of aliphatic hydroxyl groups excluding tert-OH is 1. The van der Waals surface area contributed by atoms with Crippen LogP contribution in [0.1, 0.15) is 39.5 Å². The van der Waals surface area contributed by atoms with E-state index in [1.165, 1.54) is 25.7 Å². The molecule has 0 bridgehead atoms. The van der Waals surface area contributed by atoms with Crippen LogP contribution in [0.15, 0.2) is 0 Å². The number of nitrogens with one attached hydrogen (secondary N) is 1. The molecule has 1 heterocycles. The smallest absolute Gasteiger partial charge is 0.0948 e. The maximum absolute atomic E-state index is 9.52. The molecule has 0 spiro atoms. The van der Waals surface area contributed by atoms with E-state index in [0.29, 0.717) is 19.3 Å². The molecule has 3 heteroatoms. The van der Waals surface area contributed by atoms with E-state index in [9.17, 15) is 5.11 Å². The highest BCUT2D eigenvalue weighted by Crippen LogP contribution is 2.09. The fourth-order valence-electron chi connectivity index (χ4n) is 1.85. The van der Waals surface area contributed by atoms with E-state index in [4.69, 9.17) is 4.74 Å². The molecule has 84 valence electrons. The Morgan fingerprint density at radius 1 is 1.43 bits per heavy atom. The van der Waals surface area contributed by atoms with Gasteiger partial charge in [0.15, 0.2) is 0 Å². The number of ether oxygens (including phenoxy) is 1. The van der Waals surface area contributed by atoms with Crippen LogP contribution in [0.2, 0.25) is 0 Å². The molecule has 0 saturated carbocycles. The zero-order valence-electron chi connectivity index (χ0n) is 9.33. The van der Waals surface area contributed by atoms with Crippen LogP contribution in [0.3, 0.4) is 0 Å². The molecule has 2 N–H and O–H groups in total. The Kier molecular flexibility index (Phi) is 5.45. The third kappa shape index (κ3) is 3.95. The van der Waals surface area contributed by atoms with Gasteiger partial charge < -0.3 is 15.2 Å². The molecule has 1 rings (SSSR count). The molecule has 0 amide bonds. The van der Waals surface area contributed by atoms with Gasteiger partial charge in [-0.05, 0) is 13.3 Å². The van der Waals surface area contributed by atoms with E-state index in [1.54, 1.807) is 0 Å². The Labute approximate surface area is 86.8 Å². The van der Waals surface area contributed by atoms with E-state index in [0.717, 1.165) is 0 Å². The Hall–Kier alpha value is -0.120. The maximum Gasteiger partial charge on any atom is 0.0948 e. The average Bonchev–Trinajstić information content (AvgIpc) is 2.52. The molecule has 0 aromatic carbocycles. The summed E-state index contributed by atoms with van der Waals surface area (Å²) >= 11 is 0. The zero-order chi connectivity index (χ0) is 10.4. The van der Waals surface area contributed by atoms with Gasteiger partial charge in [0.2, 0.25) is 0 Å². The summed E-state index contributed by atoms with van der Waals surface area (Å²) in [4.78, 5) is 0. The van der Waals surface area contributed by atoms with Crippen LogP contribution in [0.5, 0.6) is 0 Å². The summed E-state index contributed by atoms with van der Waals surface area (Å²) in [6, 6.07) is 0.634. The molecule has 0 aromatic heterocycles. The molecule has 0 aromatic rings. The van der Waals surface area contributed by atoms with Gasteiger partial charge in [-0.2, -0.15) is 0 Å². The second-order valence-electron chi connectivity index (χ2n) is 4.27. The van der Waals surface area contributed by atoms with Crippen LogP contribution in [0, 0.1) is 0 Å². The second kappa shape index (κ2) is 6.38. The summed E-state index contributed by atoms with van der Waals surface area (Å²) < 4.78 is 5.18. The van der Waals surface area contributed by atoms with E-state index >= 15 is 0 Å². The third-order valence-electron chi connectivity index (χ3n) is 2.79. The lowest BCUT2D eigenvalue weighted by molar-refractivity contribution is 0.121. The molecule has 0 radical (unpaired) electrons.